The molecule has 0 saturated heterocycles. The summed E-state index contributed by atoms with van der Waals surface area (Å²) in [7, 11) is 0. The van der Waals surface area contributed by atoms with Crippen LogP contribution in [0.4, 0.5) is 0 Å². The Morgan fingerprint density at radius 3 is 1.24 bits per heavy atom. The molecule has 0 unspecified atom stereocenters. The average Bonchev–Trinajstić information content (AvgIpc) is 1.74. The summed E-state index contributed by atoms with van der Waals surface area (Å²) in [4.78, 5) is 23.3. The number of nitrogens with one attached hydrogen (secondary N) is 1. The van der Waals surface area contributed by atoms with Gasteiger partial charge in [0.25, 0.3) is 0 Å². The van der Waals surface area contributed by atoms with Crippen LogP contribution in [0.25, 0.3) is 182 Å². The van der Waals surface area contributed by atoms with Gasteiger partial charge in [-0.05, 0) is 139 Å². The van der Waals surface area contributed by atoms with E-state index in [4.69, 9.17) is 19.9 Å². The Labute approximate surface area is 532 Å². The zero-order valence-corrected chi connectivity index (χ0v) is 50.6. The summed E-state index contributed by atoms with van der Waals surface area (Å²) in [5.74, 6) is 1.47. The van der Waals surface area contributed by atoms with Crippen LogP contribution in [0.15, 0.2) is 308 Å². The molecule has 0 aliphatic heterocycles. The number of hydrogen-bond acceptors (Lipinski definition) is 4. The Balaban J connectivity index is 0.000000112. The fourth-order valence-electron chi connectivity index (χ4n) is 14.2. The Bertz CT molecular complexity index is 5930. The lowest BCUT2D eigenvalue weighted by Gasteiger charge is -2.14. The molecule has 4 aromatic heterocycles. The molecule has 2 aliphatic rings. The number of rotatable bonds is 5. The highest BCUT2D eigenvalue weighted by Crippen LogP contribution is 2.51. The number of nitrogens with zero attached hydrogens (tertiary/aromatic N) is 5. The number of aromatic amines is 1. The predicted molar refractivity (Wildman–Crippen MR) is 383 cm³/mol. The zero-order valence-electron chi connectivity index (χ0n) is 49.0. The van der Waals surface area contributed by atoms with Crippen molar-refractivity contribution in [2.45, 2.75) is 0 Å². The van der Waals surface area contributed by atoms with Crippen molar-refractivity contribution in [3.8, 4) is 95.5 Å². The third-order valence-corrected chi connectivity index (χ3v) is 18.8. The first-order valence-corrected chi connectivity index (χ1v) is 31.5. The lowest BCUT2D eigenvalue weighted by molar-refractivity contribution is 1.17. The summed E-state index contributed by atoms with van der Waals surface area (Å²) in [6, 6.07) is 107. The first-order valence-electron chi connectivity index (χ1n) is 30.7. The van der Waals surface area contributed by atoms with E-state index in [0.29, 0.717) is 0 Å². The summed E-state index contributed by atoms with van der Waals surface area (Å²) in [5, 5.41) is 12.7. The molecule has 91 heavy (non-hydrogen) atoms. The molecule has 18 aromatic rings. The van der Waals surface area contributed by atoms with E-state index in [-0.39, 0.29) is 0 Å². The normalized spacial score (nSPS) is 11.8. The molecule has 4 heterocycles. The van der Waals surface area contributed by atoms with Crippen LogP contribution in [-0.2, 0) is 0 Å². The highest BCUT2D eigenvalue weighted by atomic mass is 79.9. The average molecular weight is 1220 g/mol. The summed E-state index contributed by atoms with van der Waals surface area (Å²) < 4.78 is 3.46. The van der Waals surface area contributed by atoms with Gasteiger partial charge in [0.2, 0.25) is 0 Å². The second-order valence-electron chi connectivity index (χ2n) is 23.3. The monoisotopic (exact) mass is 1220 g/mol. The molecule has 6 nitrogen and oxygen atoms in total. The molecule has 0 fully saturated rings. The van der Waals surface area contributed by atoms with E-state index >= 15 is 0 Å². The molecular formula is C84H51BrN6. The van der Waals surface area contributed by atoms with E-state index in [1.807, 2.05) is 78.9 Å². The molecule has 0 amide bonds. The van der Waals surface area contributed by atoms with Crippen LogP contribution in [0, 0.1) is 0 Å². The van der Waals surface area contributed by atoms with Crippen LogP contribution in [0.3, 0.4) is 0 Å². The van der Waals surface area contributed by atoms with Crippen LogP contribution in [0.2, 0.25) is 0 Å². The third-order valence-electron chi connectivity index (χ3n) is 18.2. The number of H-pyrrole nitrogens is 1. The summed E-state index contributed by atoms with van der Waals surface area (Å²) in [5.41, 5.74) is 24.5. The number of hydrogen-bond donors (Lipinski definition) is 1. The Morgan fingerprint density at radius 1 is 0.264 bits per heavy atom. The minimum atomic E-state index is 0.727. The largest absolute Gasteiger partial charge is 0.354 e. The lowest BCUT2D eigenvalue weighted by Crippen LogP contribution is -1.97. The van der Waals surface area contributed by atoms with E-state index in [0.717, 1.165) is 77.3 Å². The maximum absolute atomic E-state index is 5.10. The Kier molecular flexibility index (Phi) is 12.3. The number of benzene rings is 14. The van der Waals surface area contributed by atoms with Crippen molar-refractivity contribution < 1.29 is 0 Å². The third kappa shape index (κ3) is 8.61. The maximum Gasteiger partial charge on any atom is 0.160 e. The van der Waals surface area contributed by atoms with Gasteiger partial charge in [-0.15, -0.1) is 0 Å². The van der Waals surface area contributed by atoms with Crippen molar-refractivity contribution in [1.29, 1.82) is 0 Å². The molecule has 0 bridgehead atoms. The summed E-state index contributed by atoms with van der Waals surface area (Å²) in [6.07, 6.45) is 0. The van der Waals surface area contributed by atoms with E-state index < -0.39 is 0 Å². The predicted octanol–water partition coefficient (Wildman–Crippen LogP) is 22.7. The summed E-state index contributed by atoms with van der Waals surface area (Å²) in [6.45, 7) is 0. The van der Waals surface area contributed by atoms with Crippen molar-refractivity contribution in [3.63, 3.8) is 0 Å². The molecular weight excluding hydrogens is 1170 g/mol. The Hall–Kier alpha value is -11.6. The minimum absolute atomic E-state index is 0.727. The highest BCUT2D eigenvalue weighted by molar-refractivity contribution is 9.10. The van der Waals surface area contributed by atoms with Crippen molar-refractivity contribution in [2.75, 3.05) is 0 Å². The zero-order chi connectivity index (χ0) is 60.1. The van der Waals surface area contributed by atoms with Crippen molar-refractivity contribution in [3.05, 3.63) is 308 Å². The standard InChI is InChI=1S/C42H25N3.C22H13N.C20H13BrN2/c1-2-10-27(11-3-1)41-34-15-6-7-18-35(34)43-42(44-41)28-20-23-29(24-21-28)45-36-19-9-17-33-31-14-5-4-13-30(31)32-16-8-12-26-22-25-37(45)40(38(26)32)39(33)36;1-2-7-15-14(6-1)16-8-3-5-13-11-12-19-22(20(13)16)21-17(15)9-4-10-18(21)23-19;21-16-12-10-15(11-13-16)20-22-18-9-5-4-8-17(18)19(23-20)14-6-2-1-3-7-14/h1-25H;1-12,23H;1-13H. The van der Waals surface area contributed by atoms with Gasteiger partial charge in [-0.2, -0.15) is 0 Å². The molecule has 2 aliphatic carbocycles. The van der Waals surface area contributed by atoms with Crippen LogP contribution in [0.5, 0.6) is 0 Å². The van der Waals surface area contributed by atoms with E-state index in [2.05, 4.69) is 250 Å². The van der Waals surface area contributed by atoms with E-state index in [1.165, 1.54) is 110 Å². The number of fused-ring (bicyclic) bond motifs is 8. The topological polar surface area (TPSA) is 72.3 Å². The van der Waals surface area contributed by atoms with Gasteiger partial charge < -0.3 is 9.55 Å². The second kappa shape index (κ2) is 21.3. The van der Waals surface area contributed by atoms with Crippen LogP contribution in [-0.4, -0.2) is 29.5 Å². The van der Waals surface area contributed by atoms with E-state index in [9.17, 15) is 0 Å². The van der Waals surface area contributed by atoms with Crippen LogP contribution >= 0.6 is 15.9 Å². The van der Waals surface area contributed by atoms with Crippen molar-refractivity contribution in [2.24, 2.45) is 0 Å². The van der Waals surface area contributed by atoms with Gasteiger partial charge in [0, 0.05) is 75.8 Å². The molecule has 7 heteroatoms. The van der Waals surface area contributed by atoms with Gasteiger partial charge in [0.05, 0.1) is 33.5 Å². The molecule has 0 saturated carbocycles. The summed E-state index contributed by atoms with van der Waals surface area (Å²) >= 11 is 3.47. The van der Waals surface area contributed by atoms with Crippen molar-refractivity contribution in [1.82, 2.24) is 29.5 Å². The highest BCUT2D eigenvalue weighted by Gasteiger charge is 2.26. The maximum atomic E-state index is 5.10. The molecule has 424 valence electrons. The first-order chi connectivity index (χ1) is 45.1. The fourth-order valence-corrected chi connectivity index (χ4v) is 14.5. The minimum Gasteiger partial charge on any atom is -0.354 e. The van der Waals surface area contributed by atoms with Gasteiger partial charge >= 0.3 is 0 Å². The quantitative estimate of drug-likeness (QED) is 0.186. The van der Waals surface area contributed by atoms with Gasteiger partial charge in [0.15, 0.2) is 11.6 Å². The fraction of sp³-hybridized carbons (Fsp3) is 0. The van der Waals surface area contributed by atoms with E-state index in [1.54, 1.807) is 0 Å². The Morgan fingerprint density at radius 2 is 0.681 bits per heavy atom. The number of para-hydroxylation sites is 2. The first kappa shape index (κ1) is 52.5. The SMILES string of the molecule is Brc1ccc(-c2nc(-c3ccccc3)c3ccccc3n2)cc1.c1ccc(-c2nc(-c3ccc(-n4c5cccc6c5c5c7c(cccc7ccc54)-c4ccccc4-6)cc3)nc3ccccc23)cc1.c1ccc2c(c1)-c1cccc3ccc4[nH]c5cccc-2c5c4c13. The molecule has 0 atom stereocenters. The molecule has 1 N–H and O–H groups in total. The molecule has 0 spiro atoms. The molecule has 14 aromatic carbocycles. The molecule has 0 radical (unpaired) electrons. The van der Waals surface area contributed by atoms with Crippen LogP contribution < -0.4 is 0 Å². The molecule has 20 rings (SSSR count). The lowest BCUT2D eigenvalue weighted by atomic mass is 9.93. The smallest absolute Gasteiger partial charge is 0.160 e. The number of aromatic nitrogens is 6. The van der Waals surface area contributed by atoms with Crippen LogP contribution in [0.1, 0.15) is 0 Å². The van der Waals surface area contributed by atoms with Gasteiger partial charge in [-0.25, -0.2) is 19.9 Å². The van der Waals surface area contributed by atoms with Gasteiger partial charge in [0.1, 0.15) is 0 Å². The van der Waals surface area contributed by atoms with Gasteiger partial charge in [-0.3, -0.25) is 0 Å². The number of halogens is 1. The van der Waals surface area contributed by atoms with Gasteiger partial charge in [-0.1, -0.05) is 246 Å². The second-order valence-corrected chi connectivity index (χ2v) is 24.3. The van der Waals surface area contributed by atoms with Crippen molar-refractivity contribution >= 4 is 103 Å².